The minimum atomic E-state index is -0.975. The van der Waals surface area contributed by atoms with Crippen LogP contribution in [0.4, 0.5) is 5.13 Å². The third-order valence-electron chi connectivity index (χ3n) is 1.84. The van der Waals surface area contributed by atoms with Gasteiger partial charge in [-0.05, 0) is 13.8 Å². The first-order valence-electron chi connectivity index (χ1n) is 4.44. The number of nitrogens with zero attached hydrogens (tertiary/aromatic N) is 1. The van der Waals surface area contributed by atoms with Crippen LogP contribution in [0.3, 0.4) is 0 Å². The number of carbonyl (C=O) groups is 2. The van der Waals surface area contributed by atoms with E-state index in [4.69, 9.17) is 5.11 Å². The number of thiazole rings is 1. The Morgan fingerprint density at radius 2 is 2.00 bits per heavy atom. The van der Waals surface area contributed by atoms with Crippen molar-refractivity contribution in [3.8, 4) is 0 Å². The van der Waals surface area contributed by atoms with E-state index in [2.05, 4.69) is 10.3 Å². The van der Waals surface area contributed by atoms with Crippen molar-refractivity contribution < 1.29 is 14.7 Å². The molecule has 0 bridgehead atoms. The van der Waals surface area contributed by atoms with Crippen molar-refractivity contribution >= 4 is 40.8 Å². The van der Waals surface area contributed by atoms with Crippen molar-refractivity contribution in [1.82, 2.24) is 4.98 Å². The van der Waals surface area contributed by atoms with E-state index in [1.807, 2.05) is 13.8 Å². The molecule has 1 amide bonds. The van der Waals surface area contributed by atoms with Gasteiger partial charge in [0.05, 0.1) is 12.1 Å². The number of halogens is 1. The average Bonchev–Trinajstić information content (AvgIpc) is 2.42. The van der Waals surface area contributed by atoms with Crippen molar-refractivity contribution in [1.29, 1.82) is 0 Å². The Hall–Kier alpha value is -1.14. The number of amides is 1. The molecule has 0 saturated carbocycles. The first-order chi connectivity index (χ1) is 6.99. The maximum atomic E-state index is 11.2. The molecule has 0 aliphatic carbocycles. The van der Waals surface area contributed by atoms with Crippen LogP contribution >= 0.6 is 23.7 Å². The van der Waals surface area contributed by atoms with Gasteiger partial charge in [0, 0.05) is 11.3 Å². The summed E-state index contributed by atoms with van der Waals surface area (Å²) in [6.45, 7) is 3.78. The van der Waals surface area contributed by atoms with Crippen LogP contribution in [0.5, 0.6) is 0 Å². The van der Waals surface area contributed by atoms with Gasteiger partial charge in [0.15, 0.2) is 5.13 Å². The summed E-state index contributed by atoms with van der Waals surface area (Å²) in [5.74, 6) is -1.29. The molecule has 2 N–H and O–H groups in total. The molecule has 0 aliphatic heterocycles. The molecular weight excluding hydrogens is 252 g/mol. The highest BCUT2D eigenvalue weighted by molar-refractivity contribution is 7.15. The van der Waals surface area contributed by atoms with Crippen LogP contribution in [0.1, 0.15) is 23.4 Å². The predicted molar refractivity (Wildman–Crippen MR) is 64.3 cm³/mol. The number of carboxylic acid groups (broad SMARTS) is 1. The molecule has 7 heteroatoms. The van der Waals surface area contributed by atoms with E-state index < -0.39 is 5.97 Å². The van der Waals surface area contributed by atoms with Gasteiger partial charge < -0.3 is 10.4 Å². The molecule has 90 valence electrons. The lowest BCUT2D eigenvalue weighted by Crippen LogP contribution is -2.12. The Kier molecular flexibility index (Phi) is 5.98. The van der Waals surface area contributed by atoms with Gasteiger partial charge in [-0.15, -0.1) is 23.7 Å². The van der Waals surface area contributed by atoms with Crippen LogP contribution in [0, 0.1) is 13.8 Å². The topological polar surface area (TPSA) is 79.3 Å². The van der Waals surface area contributed by atoms with Crippen LogP contribution in [0.25, 0.3) is 0 Å². The lowest BCUT2D eigenvalue weighted by atomic mass is 10.3. The summed E-state index contributed by atoms with van der Waals surface area (Å²) in [5, 5.41) is 11.5. The van der Waals surface area contributed by atoms with Gasteiger partial charge in [-0.25, -0.2) is 4.98 Å². The fraction of sp³-hybridized carbons (Fsp3) is 0.444. The highest BCUT2D eigenvalue weighted by Crippen LogP contribution is 2.21. The lowest BCUT2D eigenvalue weighted by Gasteiger charge is -1.98. The zero-order valence-electron chi connectivity index (χ0n) is 8.94. The van der Waals surface area contributed by atoms with Crippen molar-refractivity contribution in [3.05, 3.63) is 10.6 Å². The highest BCUT2D eigenvalue weighted by atomic mass is 35.5. The molecule has 5 nitrogen and oxygen atoms in total. The van der Waals surface area contributed by atoms with Crippen LogP contribution < -0.4 is 5.32 Å². The van der Waals surface area contributed by atoms with Gasteiger partial charge in [-0.3, -0.25) is 9.59 Å². The fourth-order valence-corrected chi connectivity index (χ4v) is 1.76. The molecule has 1 aromatic rings. The summed E-state index contributed by atoms with van der Waals surface area (Å²) in [5.41, 5.74) is 0.883. The fourth-order valence-electron chi connectivity index (χ4n) is 0.928. The lowest BCUT2D eigenvalue weighted by molar-refractivity contribution is -0.138. The minimum absolute atomic E-state index is 0. The van der Waals surface area contributed by atoms with Crippen LogP contribution in [-0.2, 0) is 9.59 Å². The van der Waals surface area contributed by atoms with Crippen molar-refractivity contribution in [2.24, 2.45) is 0 Å². The average molecular weight is 265 g/mol. The minimum Gasteiger partial charge on any atom is -0.481 e. The summed E-state index contributed by atoms with van der Waals surface area (Å²) in [4.78, 5) is 26.6. The number of carboxylic acids is 1. The molecule has 0 saturated heterocycles. The number of rotatable bonds is 4. The molecule has 16 heavy (non-hydrogen) atoms. The van der Waals surface area contributed by atoms with Gasteiger partial charge in [0.25, 0.3) is 0 Å². The Morgan fingerprint density at radius 1 is 1.38 bits per heavy atom. The number of aliphatic carboxylic acids is 1. The first-order valence-corrected chi connectivity index (χ1v) is 5.26. The summed E-state index contributed by atoms with van der Waals surface area (Å²) < 4.78 is 0. The largest absolute Gasteiger partial charge is 0.481 e. The summed E-state index contributed by atoms with van der Waals surface area (Å²) in [6, 6.07) is 0. The van der Waals surface area contributed by atoms with Gasteiger partial charge in [-0.2, -0.15) is 0 Å². The molecule has 1 aromatic heterocycles. The molecule has 0 atom stereocenters. The zero-order valence-corrected chi connectivity index (χ0v) is 10.6. The number of aryl methyl sites for hydroxylation is 2. The monoisotopic (exact) mass is 264 g/mol. The van der Waals surface area contributed by atoms with E-state index in [9.17, 15) is 9.59 Å². The first kappa shape index (κ1) is 14.9. The highest BCUT2D eigenvalue weighted by Gasteiger charge is 2.09. The Labute approximate surface area is 103 Å². The molecule has 0 unspecified atom stereocenters. The van der Waals surface area contributed by atoms with Crippen LogP contribution in [0.2, 0.25) is 0 Å². The molecule has 1 rings (SSSR count). The third-order valence-corrected chi connectivity index (χ3v) is 2.83. The molecule has 0 aromatic carbocycles. The maximum Gasteiger partial charge on any atom is 0.303 e. The molecule has 1 heterocycles. The van der Waals surface area contributed by atoms with Gasteiger partial charge >= 0.3 is 5.97 Å². The van der Waals surface area contributed by atoms with E-state index in [0.29, 0.717) is 5.13 Å². The maximum absolute atomic E-state index is 11.2. The van der Waals surface area contributed by atoms with Crippen molar-refractivity contribution in [2.75, 3.05) is 5.32 Å². The predicted octanol–water partition coefficient (Wildman–Crippen LogP) is 1.99. The quantitative estimate of drug-likeness (QED) is 0.872. The van der Waals surface area contributed by atoms with Crippen molar-refractivity contribution in [2.45, 2.75) is 26.7 Å². The van der Waals surface area contributed by atoms with Gasteiger partial charge in [-0.1, -0.05) is 0 Å². The zero-order chi connectivity index (χ0) is 11.4. The molecular formula is C9H13ClN2O3S. The molecule has 0 fully saturated rings. The second kappa shape index (κ2) is 6.44. The van der Waals surface area contributed by atoms with E-state index in [0.717, 1.165) is 10.6 Å². The normalized spacial score (nSPS) is 9.38. The number of carbonyl (C=O) groups excluding carboxylic acids is 1. The number of nitrogens with one attached hydrogen (secondary N) is 1. The molecule has 0 aliphatic rings. The smallest absolute Gasteiger partial charge is 0.303 e. The summed E-state index contributed by atoms with van der Waals surface area (Å²) in [6.07, 6.45) is -0.178. The van der Waals surface area contributed by atoms with Gasteiger partial charge in [0.2, 0.25) is 5.91 Å². The van der Waals surface area contributed by atoms with Crippen LogP contribution in [0.15, 0.2) is 0 Å². The second-order valence-electron chi connectivity index (χ2n) is 3.10. The molecule has 0 radical (unpaired) electrons. The van der Waals surface area contributed by atoms with E-state index >= 15 is 0 Å². The van der Waals surface area contributed by atoms with E-state index in [-0.39, 0.29) is 31.2 Å². The van der Waals surface area contributed by atoms with E-state index in [1.54, 1.807) is 0 Å². The number of anilines is 1. The summed E-state index contributed by atoms with van der Waals surface area (Å²) in [7, 11) is 0. The standard InChI is InChI=1S/C9H12N2O3S.ClH/c1-5-6(2)15-9(10-5)11-7(12)3-4-8(13)14;/h3-4H2,1-2H3,(H,13,14)(H,10,11,12);1H. The Balaban J connectivity index is 0.00000225. The van der Waals surface area contributed by atoms with Crippen LogP contribution in [-0.4, -0.2) is 22.0 Å². The second-order valence-corrected chi connectivity index (χ2v) is 4.31. The van der Waals surface area contributed by atoms with Gasteiger partial charge in [0.1, 0.15) is 0 Å². The number of hydrogen-bond acceptors (Lipinski definition) is 4. The third kappa shape index (κ3) is 4.59. The van der Waals surface area contributed by atoms with Crippen molar-refractivity contribution in [3.63, 3.8) is 0 Å². The summed E-state index contributed by atoms with van der Waals surface area (Å²) >= 11 is 1.39. The number of aromatic nitrogens is 1. The number of hydrogen-bond donors (Lipinski definition) is 2. The Bertz CT molecular complexity index is 373. The van der Waals surface area contributed by atoms with E-state index in [1.165, 1.54) is 11.3 Å². The Morgan fingerprint density at radius 3 is 2.44 bits per heavy atom. The molecule has 0 spiro atoms. The SMILES string of the molecule is Cc1nc(NC(=O)CCC(=O)O)sc1C.Cl.